The minimum Gasteiger partial charge on any atom is -0.454 e. The Balaban J connectivity index is 1.52. The van der Waals surface area contributed by atoms with Crippen LogP contribution in [0.15, 0.2) is 36.4 Å². The summed E-state index contributed by atoms with van der Waals surface area (Å²) >= 11 is 0. The standard InChI is InChI=1S/C24H26FN3O3/c1-13(2)22(24(29)27-15-5-7-20-21(9-15)31-12-30-20)17-10-26-11-19-23(17)16-8-14(25)4-6-18(16)28(19)3/h4-9,13,17,22,26H,10-12H2,1-3H3,(H,27,29). The second-order valence-electron chi connectivity index (χ2n) is 8.65. The van der Waals surface area contributed by atoms with Gasteiger partial charge in [-0.1, -0.05) is 13.8 Å². The van der Waals surface area contributed by atoms with Gasteiger partial charge in [-0.15, -0.1) is 0 Å². The first-order valence-corrected chi connectivity index (χ1v) is 10.6. The van der Waals surface area contributed by atoms with Crippen LogP contribution in [0.3, 0.4) is 0 Å². The van der Waals surface area contributed by atoms with Gasteiger partial charge in [0.2, 0.25) is 12.7 Å². The molecule has 2 unspecified atom stereocenters. The number of carbonyl (C=O) groups excluding carboxylic acids is 1. The van der Waals surface area contributed by atoms with Crippen molar-refractivity contribution in [3.05, 3.63) is 53.5 Å². The average molecular weight is 423 g/mol. The molecule has 3 aromatic rings. The summed E-state index contributed by atoms with van der Waals surface area (Å²) in [7, 11) is 2.00. The summed E-state index contributed by atoms with van der Waals surface area (Å²) in [5.74, 6) is 0.734. The van der Waals surface area contributed by atoms with Gasteiger partial charge in [0, 0.05) is 60.3 Å². The van der Waals surface area contributed by atoms with Crippen LogP contribution in [-0.4, -0.2) is 23.8 Å². The molecule has 3 heterocycles. The van der Waals surface area contributed by atoms with Crippen LogP contribution in [0.4, 0.5) is 10.1 Å². The summed E-state index contributed by atoms with van der Waals surface area (Å²) in [5.41, 5.74) is 3.85. The van der Waals surface area contributed by atoms with Gasteiger partial charge in [-0.05, 0) is 41.8 Å². The highest BCUT2D eigenvalue weighted by molar-refractivity contribution is 5.95. The highest BCUT2D eigenvalue weighted by atomic mass is 19.1. The summed E-state index contributed by atoms with van der Waals surface area (Å²) in [6.45, 7) is 5.68. The molecule has 1 amide bonds. The van der Waals surface area contributed by atoms with Crippen molar-refractivity contribution in [2.24, 2.45) is 18.9 Å². The van der Waals surface area contributed by atoms with E-state index in [0.717, 1.165) is 22.2 Å². The second-order valence-corrected chi connectivity index (χ2v) is 8.65. The number of nitrogens with one attached hydrogen (secondary N) is 2. The number of nitrogens with zero attached hydrogens (tertiary/aromatic N) is 1. The molecule has 2 aliphatic rings. The monoisotopic (exact) mass is 423 g/mol. The maximum Gasteiger partial charge on any atom is 0.231 e. The van der Waals surface area contributed by atoms with Crippen LogP contribution in [-0.2, 0) is 18.4 Å². The Hall–Kier alpha value is -3.06. The molecule has 1 aromatic heterocycles. The zero-order valence-electron chi connectivity index (χ0n) is 17.9. The van der Waals surface area contributed by atoms with E-state index < -0.39 is 0 Å². The van der Waals surface area contributed by atoms with Gasteiger partial charge >= 0.3 is 0 Å². The normalized spacial score (nSPS) is 18.3. The van der Waals surface area contributed by atoms with E-state index in [1.165, 1.54) is 6.07 Å². The maximum absolute atomic E-state index is 14.1. The summed E-state index contributed by atoms with van der Waals surface area (Å²) in [6.07, 6.45) is 0. The third-order valence-corrected chi connectivity index (χ3v) is 6.45. The molecule has 6 nitrogen and oxygen atoms in total. The van der Waals surface area contributed by atoms with Crippen LogP contribution in [0.5, 0.6) is 11.5 Å². The number of hydrogen-bond donors (Lipinski definition) is 2. The van der Waals surface area contributed by atoms with E-state index in [-0.39, 0.29) is 36.3 Å². The molecule has 162 valence electrons. The van der Waals surface area contributed by atoms with Gasteiger partial charge in [0.25, 0.3) is 0 Å². The first-order chi connectivity index (χ1) is 14.9. The minimum absolute atomic E-state index is 0.0538. The lowest BCUT2D eigenvalue weighted by molar-refractivity contribution is -0.122. The Morgan fingerprint density at radius 2 is 2.00 bits per heavy atom. The van der Waals surface area contributed by atoms with Crippen LogP contribution in [0.2, 0.25) is 0 Å². The molecule has 2 atom stereocenters. The molecular formula is C24H26FN3O3. The van der Waals surface area contributed by atoms with Crippen molar-refractivity contribution in [2.75, 3.05) is 18.7 Å². The third kappa shape index (κ3) is 3.33. The first kappa shape index (κ1) is 19.9. The van der Waals surface area contributed by atoms with Crippen molar-refractivity contribution in [3.63, 3.8) is 0 Å². The zero-order chi connectivity index (χ0) is 21.7. The number of rotatable bonds is 4. The lowest BCUT2D eigenvalue weighted by atomic mass is 9.76. The second kappa shape index (κ2) is 7.57. The summed E-state index contributed by atoms with van der Waals surface area (Å²) in [6, 6.07) is 10.3. The average Bonchev–Trinajstić information content (AvgIpc) is 3.31. The lowest BCUT2D eigenvalue weighted by Gasteiger charge is -2.33. The molecule has 0 aliphatic carbocycles. The number of benzene rings is 2. The number of ether oxygens (including phenoxy) is 2. The molecule has 0 bridgehead atoms. The first-order valence-electron chi connectivity index (χ1n) is 10.6. The lowest BCUT2D eigenvalue weighted by Crippen LogP contribution is -2.40. The van der Waals surface area contributed by atoms with Gasteiger partial charge in [-0.3, -0.25) is 4.79 Å². The van der Waals surface area contributed by atoms with E-state index in [2.05, 4.69) is 29.0 Å². The van der Waals surface area contributed by atoms with E-state index in [0.29, 0.717) is 30.3 Å². The van der Waals surface area contributed by atoms with Crippen LogP contribution in [0.25, 0.3) is 10.9 Å². The van der Waals surface area contributed by atoms with Crippen molar-refractivity contribution in [3.8, 4) is 11.5 Å². The quantitative estimate of drug-likeness (QED) is 0.662. The number of aromatic nitrogens is 1. The van der Waals surface area contributed by atoms with Gasteiger partial charge in [0.1, 0.15) is 5.82 Å². The van der Waals surface area contributed by atoms with Crippen LogP contribution in [0, 0.1) is 17.7 Å². The Bertz CT molecular complexity index is 1170. The predicted molar refractivity (Wildman–Crippen MR) is 117 cm³/mol. The van der Waals surface area contributed by atoms with Gasteiger partial charge < -0.3 is 24.7 Å². The number of hydrogen-bond acceptors (Lipinski definition) is 4. The Morgan fingerprint density at radius 1 is 1.19 bits per heavy atom. The Labute approximate surface area is 180 Å². The Kier molecular flexibility index (Phi) is 4.85. The number of carbonyl (C=O) groups is 1. The fourth-order valence-corrected chi connectivity index (χ4v) is 5.03. The molecule has 0 radical (unpaired) electrons. The molecular weight excluding hydrogens is 397 g/mol. The SMILES string of the molecule is CC(C)C(C(=O)Nc1ccc2c(c1)OCO2)C1CNCc2c1c1cc(F)ccc1n2C. The van der Waals surface area contributed by atoms with Crippen molar-refractivity contribution in [1.29, 1.82) is 0 Å². The molecule has 0 spiro atoms. The minimum atomic E-state index is -0.286. The van der Waals surface area contributed by atoms with Crippen molar-refractivity contribution in [1.82, 2.24) is 9.88 Å². The largest absolute Gasteiger partial charge is 0.454 e. The van der Waals surface area contributed by atoms with Crippen molar-refractivity contribution >= 4 is 22.5 Å². The van der Waals surface area contributed by atoms with E-state index in [4.69, 9.17) is 9.47 Å². The molecule has 0 saturated carbocycles. The smallest absolute Gasteiger partial charge is 0.231 e. The molecule has 0 saturated heterocycles. The van der Waals surface area contributed by atoms with E-state index in [1.807, 2.05) is 19.2 Å². The molecule has 2 N–H and O–H groups in total. The van der Waals surface area contributed by atoms with Crippen molar-refractivity contribution < 1.29 is 18.7 Å². The fraction of sp³-hybridized carbons (Fsp3) is 0.375. The summed E-state index contributed by atoms with van der Waals surface area (Å²) < 4.78 is 27.0. The third-order valence-electron chi connectivity index (χ3n) is 6.45. The zero-order valence-corrected chi connectivity index (χ0v) is 17.9. The van der Waals surface area contributed by atoms with Crippen LogP contribution >= 0.6 is 0 Å². The molecule has 31 heavy (non-hydrogen) atoms. The van der Waals surface area contributed by atoms with E-state index in [1.54, 1.807) is 18.2 Å². The van der Waals surface area contributed by atoms with E-state index in [9.17, 15) is 9.18 Å². The number of amides is 1. The molecule has 5 rings (SSSR count). The van der Waals surface area contributed by atoms with Crippen LogP contribution < -0.4 is 20.1 Å². The van der Waals surface area contributed by atoms with Gasteiger partial charge in [-0.25, -0.2) is 4.39 Å². The summed E-state index contributed by atoms with van der Waals surface area (Å²) in [4.78, 5) is 13.5. The summed E-state index contributed by atoms with van der Waals surface area (Å²) in [5, 5.41) is 7.42. The molecule has 7 heteroatoms. The fourth-order valence-electron chi connectivity index (χ4n) is 5.03. The number of halogens is 1. The molecule has 0 fully saturated rings. The number of anilines is 1. The van der Waals surface area contributed by atoms with Gasteiger partial charge in [-0.2, -0.15) is 0 Å². The van der Waals surface area contributed by atoms with Crippen molar-refractivity contribution in [2.45, 2.75) is 26.3 Å². The predicted octanol–water partition coefficient (Wildman–Crippen LogP) is 4.14. The number of aryl methyl sites for hydroxylation is 1. The number of fused-ring (bicyclic) bond motifs is 4. The highest BCUT2D eigenvalue weighted by Gasteiger charge is 2.37. The maximum atomic E-state index is 14.1. The van der Waals surface area contributed by atoms with Gasteiger partial charge in [0.05, 0.1) is 0 Å². The Morgan fingerprint density at radius 3 is 2.81 bits per heavy atom. The van der Waals surface area contributed by atoms with Crippen LogP contribution in [0.1, 0.15) is 31.0 Å². The highest BCUT2D eigenvalue weighted by Crippen LogP contribution is 2.41. The van der Waals surface area contributed by atoms with E-state index >= 15 is 0 Å². The van der Waals surface area contributed by atoms with Gasteiger partial charge in [0.15, 0.2) is 11.5 Å². The topological polar surface area (TPSA) is 64.5 Å². The molecule has 2 aliphatic heterocycles. The molecule has 2 aromatic carbocycles.